The number of nitrogens with one attached hydrogen (secondary N) is 1. The fraction of sp³-hybridized carbons (Fsp3) is 0.667. The highest BCUT2D eigenvalue weighted by Gasteiger charge is 2.24. The Labute approximate surface area is 180 Å². The molecule has 1 aromatic carbocycles. The highest BCUT2D eigenvalue weighted by molar-refractivity contribution is 5.94. The fourth-order valence-corrected chi connectivity index (χ4v) is 4.66. The van der Waals surface area contributed by atoms with Gasteiger partial charge in [-0.2, -0.15) is 0 Å². The SMILES string of the molecule is COc1ccc(C(=O)NCC2CCN(C(=O)CCC3CCCCC3)CC2)cc1OC. The van der Waals surface area contributed by atoms with Crippen LogP contribution in [0.15, 0.2) is 18.2 Å². The van der Waals surface area contributed by atoms with Gasteiger partial charge in [0.1, 0.15) is 0 Å². The van der Waals surface area contributed by atoms with Gasteiger partial charge in [-0.05, 0) is 49.3 Å². The Bertz CT molecular complexity index is 707. The van der Waals surface area contributed by atoms with Crippen molar-refractivity contribution in [1.29, 1.82) is 0 Å². The first-order chi connectivity index (χ1) is 14.6. The number of piperidine rings is 1. The van der Waals surface area contributed by atoms with Gasteiger partial charge < -0.3 is 19.7 Å². The maximum absolute atomic E-state index is 12.5. The molecule has 1 N–H and O–H groups in total. The van der Waals surface area contributed by atoms with Crippen molar-refractivity contribution in [2.75, 3.05) is 33.9 Å². The first-order valence-corrected chi connectivity index (χ1v) is 11.4. The standard InChI is InChI=1S/C24H36N2O4/c1-29-21-10-9-20(16-22(21)30-2)24(28)25-17-19-12-14-26(15-13-19)23(27)11-8-18-6-4-3-5-7-18/h9-10,16,18-19H,3-8,11-15,17H2,1-2H3,(H,25,28). The van der Waals surface area contributed by atoms with Crippen molar-refractivity contribution in [3.05, 3.63) is 23.8 Å². The molecule has 0 unspecified atom stereocenters. The summed E-state index contributed by atoms with van der Waals surface area (Å²) in [5.74, 6) is 2.53. The molecule has 1 saturated heterocycles. The average Bonchev–Trinajstić information content (AvgIpc) is 2.81. The summed E-state index contributed by atoms with van der Waals surface area (Å²) < 4.78 is 10.5. The van der Waals surface area contributed by atoms with E-state index in [4.69, 9.17) is 9.47 Å². The van der Waals surface area contributed by atoms with Crippen LogP contribution in [0.4, 0.5) is 0 Å². The van der Waals surface area contributed by atoms with Crippen molar-refractivity contribution in [3.8, 4) is 11.5 Å². The number of carbonyl (C=O) groups is 2. The third-order valence-corrected chi connectivity index (χ3v) is 6.66. The molecule has 3 rings (SSSR count). The van der Waals surface area contributed by atoms with Gasteiger partial charge in [0.2, 0.25) is 5.91 Å². The summed E-state index contributed by atoms with van der Waals surface area (Å²) in [6, 6.07) is 5.18. The van der Waals surface area contributed by atoms with Crippen LogP contribution in [0.1, 0.15) is 68.1 Å². The van der Waals surface area contributed by atoms with Crippen molar-refractivity contribution >= 4 is 11.8 Å². The van der Waals surface area contributed by atoms with E-state index in [2.05, 4.69) is 5.32 Å². The highest BCUT2D eigenvalue weighted by atomic mass is 16.5. The quantitative estimate of drug-likeness (QED) is 0.695. The Morgan fingerprint density at radius 2 is 1.67 bits per heavy atom. The van der Waals surface area contributed by atoms with Crippen LogP contribution in [0.5, 0.6) is 11.5 Å². The molecule has 1 saturated carbocycles. The smallest absolute Gasteiger partial charge is 0.251 e. The van der Waals surface area contributed by atoms with Crippen LogP contribution in [0.25, 0.3) is 0 Å². The van der Waals surface area contributed by atoms with Crippen LogP contribution in [0, 0.1) is 11.8 Å². The average molecular weight is 417 g/mol. The summed E-state index contributed by atoms with van der Waals surface area (Å²) >= 11 is 0. The Balaban J connectivity index is 1.38. The van der Waals surface area contributed by atoms with Crippen molar-refractivity contribution in [3.63, 3.8) is 0 Å². The van der Waals surface area contributed by atoms with Gasteiger partial charge in [-0.15, -0.1) is 0 Å². The lowest BCUT2D eigenvalue weighted by atomic mass is 9.86. The van der Waals surface area contributed by atoms with Crippen LogP contribution in [-0.2, 0) is 4.79 Å². The molecule has 1 aliphatic carbocycles. The molecule has 0 bridgehead atoms. The van der Waals surface area contributed by atoms with E-state index in [1.807, 2.05) is 4.90 Å². The van der Waals surface area contributed by atoms with Gasteiger partial charge >= 0.3 is 0 Å². The van der Waals surface area contributed by atoms with E-state index >= 15 is 0 Å². The zero-order valence-corrected chi connectivity index (χ0v) is 18.5. The van der Waals surface area contributed by atoms with E-state index in [9.17, 15) is 9.59 Å². The number of rotatable bonds is 8. The van der Waals surface area contributed by atoms with Gasteiger partial charge in [-0.25, -0.2) is 0 Å². The number of amides is 2. The van der Waals surface area contributed by atoms with Gasteiger partial charge in [-0.1, -0.05) is 32.1 Å². The van der Waals surface area contributed by atoms with E-state index < -0.39 is 0 Å². The van der Waals surface area contributed by atoms with Gasteiger partial charge in [-0.3, -0.25) is 9.59 Å². The van der Waals surface area contributed by atoms with E-state index in [-0.39, 0.29) is 5.91 Å². The molecule has 0 atom stereocenters. The molecule has 6 heteroatoms. The Morgan fingerprint density at radius 1 is 0.967 bits per heavy atom. The second-order valence-corrected chi connectivity index (χ2v) is 8.65. The van der Waals surface area contributed by atoms with Crippen molar-refractivity contribution in [2.45, 2.75) is 57.8 Å². The first-order valence-electron chi connectivity index (χ1n) is 11.4. The third-order valence-electron chi connectivity index (χ3n) is 6.66. The summed E-state index contributed by atoms with van der Waals surface area (Å²) in [4.78, 5) is 27.1. The summed E-state index contributed by atoms with van der Waals surface area (Å²) in [6.07, 6.45) is 10.3. The molecule has 2 amide bonds. The van der Waals surface area contributed by atoms with Gasteiger partial charge in [0.25, 0.3) is 5.91 Å². The lowest BCUT2D eigenvalue weighted by molar-refractivity contribution is -0.132. The predicted molar refractivity (Wildman–Crippen MR) is 117 cm³/mol. The van der Waals surface area contributed by atoms with E-state index in [1.165, 1.54) is 32.1 Å². The van der Waals surface area contributed by atoms with E-state index in [0.717, 1.165) is 38.3 Å². The normalized spacial score (nSPS) is 18.1. The van der Waals surface area contributed by atoms with Crippen LogP contribution in [0.2, 0.25) is 0 Å². The number of methoxy groups -OCH3 is 2. The molecule has 1 heterocycles. The topological polar surface area (TPSA) is 67.9 Å². The number of hydrogen-bond acceptors (Lipinski definition) is 4. The molecule has 166 valence electrons. The second-order valence-electron chi connectivity index (χ2n) is 8.65. The Hall–Kier alpha value is -2.24. The van der Waals surface area contributed by atoms with Crippen LogP contribution < -0.4 is 14.8 Å². The van der Waals surface area contributed by atoms with Crippen molar-refractivity contribution in [2.24, 2.45) is 11.8 Å². The van der Waals surface area contributed by atoms with Crippen LogP contribution in [-0.4, -0.2) is 50.6 Å². The molecule has 30 heavy (non-hydrogen) atoms. The Kier molecular flexibility index (Phi) is 8.40. The van der Waals surface area contributed by atoms with E-state index in [0.29, 0.717) is 41.9 Å². The molecule has 1 aliphatic heterocycles. The van der Waals surface area contributed by atoms with Crippen molar-refractivity contribution < 1.29 is 19.1 Å². The molecular formula is C24H36N2O4. The summed E-state index contributed by atoms with van der Waals surface area (Å²) in [7, 11) is 3.13. The summed E-state index contributed by atoms with van der Waals surface area (Å²) in [5, 5.41) is 3.03. The minimum absolute atomic E-state index is 0.109. The number of hydrogen-bond donors (Lipinski definition) is 1. The van der Waals surface area contributed by atoms with Gasteiger partial charge in [0, 0.05) is 31.6 Å². The largest absolute Gasteiger partial charge is 0.493 e. The van der Waals surface area contributed by atoms with Gasteiger partial charge in [0.05, 0.1) is 14.2 Å². The minimum atomic E-state index is -0.109. The second kappa shape index (κ2) is 11.2. The molecule has 1 aromatic rings. The molecule has 0 aromatic heterocycles. The van der Waals surface area contributed by atoms with Crippen LogP contribution in [0.3, 0.4) is 0 Å². The van der Waals surface area contributed by atoms with Gasteiger partial charge in [0.15, 0.2) is 11.5 Å². The number of likely N-dealkylation sites (tertiary alicyclic amines) is 1. The number of nitrogens with zero attached hydrogens (tertiary/aromatic N) is 1. The molecule has 6 nitrogen and oxygen atoms in total. The maximum atomic E-state index is 12.5. The molecule has 0 spiro atoms. The predicted octanol–water partition coefficient (Wildman–Crippen LogP) is 4.03. The minimum Gasteiger partial charge on any atom is -0.493 e. The van der Waals surface area contributed by atoms with E-state index in [1.54, 1.807) is 32.4 Å². The molecular weight excluding hydrogens is 380 g/mol. The highest BCUT2D eigenvalue weighted by Crippen LogP contribution is 2.29. The lowest BCUT2D eigenvalue weighted by Gasteiger charge is -2.32. The molecule has 2 aliphatic rings. The maximum Gasteiger partial charge on any atom is 0.251 e. The van der Waals surface area contributed by atoms with Crippen LogP contribution >= 0.6 is 0 Å². The summed E-state index contributed by atoms with van der Waals surface area (Å²) in [5.41, 5.74) is 0.558. The first kappa shape index (κ1) is 22.4. The number of carbonyl (C=O) groups excluding carboxylic acids is 2. The summed E-state index contributed by atoms with van der Waals surface area (Å²) in [6.45, 7) is 2.25. The number of ether oxygens (including phenoxy) is 2. The molecule has 2 fully saturated rings. The molecule has 0 radical (unpaired) electrons. The monoisotopic (exact) mass is 416 g/mol. The fourth-order valence-electron chi connectivity index (χ4n) is 4.66. The zero-order chi connectivity index (χ0) is 21.3. The Morgan fingerprint density at radius 3 is 2.33 bits per heavy atom. The zero-order valence-electron chi connectivity index (χ0n) is 18.5. The number of benzene rings is 1. The lowest BCUT2D eigenvalue weighted by Crippen LogP contribution is -2.41. The van der Waals surface area contributed by atoms with Crippen molar-refractivity contribution in [1.82, 2.24) is 10.2 Å². The third kappa shape index (κ3) is 6.13.